The van der Waals surface area contributed by atoms with Gasteiger partial charge >= 0.3 is 5.97 Å². The number of rotatable bonds is 5. The smallest absolute Gasteiger partial charge is 0.337 e. The van der Waals surface area contributed by atoms with Crippen LogP contribution in [0, 0.1) is 0 Å². The molecule has 2 aromatic carbocycles. The predicted octanol–water partition coefficient (Wildman–Crippen LogP) is 2.58. The normalized spacial score (nSPS) is 9.86. The second kappa shape index (κ2) is 6.58. The molecule has 22 heavy (non-hydrogen) atoms. The molecule has 2 rings (SSSR count). The van der Waals surface area contributed by atoms with Crippen molar-refractivity contribution < 1.29 is 23.9 Å². The number of carbonyl (C=O) groups is 4. The van der Waals surface area contributed by atoms with Crippen LogP contribution in [0.25, 0.3) is 11.1 Å². The Labute approximate surface area is 126 Å². The molecule has 5 nitrogen and oxygen atoms in total. The van der Waals surface area contributed by atoms with Gasteiger partial charge in [0, 0.05) is 22.3 Å². The van der Waals surface area contributed by atoms with Crippen LogP contribution in [0.3, 0.4) is 0 Å². The molecule has 0 aromatic heterocycles. The molecule has 0 unspecified atom stereocenters. The first-order chi connectivity index (χ1) is 10.6. The summed E-state index contributed by atoms with van der Waals surface area (Å²) in [6.07, 6.45) is 1.75. The maximum Gasteiger partial charge on any atom is 0.337 e. The monoisotopic (exact) mass is 296 g/mol. The number of hydrogen-bond acceptors (Lipinski definition) is 5. The van der Waals surface area contributed by atoms with E-state index in [1.807, 2.05) is 0 Å². The third-order valence-corrected chi connectivity index (χ3v) is 3.21. The van der Waals surface area contributed by atoms with E-state index in [-0.39, 0.29) is 16.7 Å². The lowest BCUT2D eigenvalue weighted by molar-refractivity contribution is 0.0600. The largest absolute Gasteiger partial charge is 0.465 e. The first kappa shape index (κ1) is 15.3. The summed E-state index contributed by atoms with van der Waals surface area (Å²) in [5.74, 6) is -0.478. The van der Waals surface area contributed by atoms with Crippen molar-refractivity contribution in [2.45, 2.75) is 0 Å². The van der Waals surface area contributed by atoms with Crippen molar-refractivity contribution in [1.29, 1.82) is 0 Å². The highest BCUT2D eigenvalue weighted by molar-refractivity contribution is 6.00. The molecule has 0 spiro atoms. The average Bonchev–Trinajstić information content (AvgIpc) is 2.59. The van der Waals surface area contributed by atoms with Crippen molar-refractivity contribution >= 4 is 24.8 Å². The SMILES string of the molecule is COC(=O)c1ccc(-c2c(C=O)cc(C=O)cc2C=O)cc1. The minimum atomic E-state index is -0.478. The summed E-state index contributed by atoms with van der Waals surface area (Å²) in [5, 5.41) is 0. The molecule has 0 N–H and O–H groups in total. The van der Waals surface area contributed by atoms with Gasteiger partial charge in [-0.15, -0.1) is 0 Å². The minimum absolute atomic E-state index is 0.234. The van der Waals surface area contributed by atoms with Crippen molar-refractivity contribution in [2.24, 2.45) is 0 Å². The van der Waals surface area contributed by atoms with Gasteiger partial charge in [-0.3, -0.25) is 14.4 Å². The lowest BCUT2D eigenvalue weighted by Crippen LogP contribution is -2.01. The predicted molar refractivity (Wildman–Crippen MR) is 79.4 cm³/mol. The van der Waals surface area contributed by atoms with E-state index in [2.05, 4.69) is 4.74 Å². The number of ether oxygens (including phenoxy) is 1. The average molecular weight is 296 g/mol. The van der Waals surface area contributed by atoms with E-state index in [0.29, 0.717) is 35.5 Å². The molecule has 0 aliphatic heterocycles. The molecule has 0 amide bonds. The zero-order valence-corrected chi connectivity index (χ0v) is 11.7. The van der Waals surface area contributed by atoms with Crippen LogP contribution in [0.4, 0.5) is 0 Å². The quantitative estimate of drug-likeness (QED) is 0.626. The first-order valence-corrected chi connectivity index (χ1v) is 6.37. The summed E-state index contributed by atoms with van der Waals surface area (Å²) in [6, 6.07) is 9.13. The number of carbonyl (C=O) groups excluding carboxylic acids is 4. The Morgan fingerprint density at radius 2 is 1.45 bits per heavy atom. The van der Waals surface area contributed by atoms with Gasteiger partial charge in [0.25, 0.3) is 0 Å². The number of benzene rings is 2. The Balaban J connectivity index is 2.60. The van der Waals surface area contributed by atoms with Crippen LogP contribution in [0.15, 0.2) is 36.4 Å². The molecule has 0 radical (unpaired) electrons. The number of aldehydes is 3. The van der Waals surface area contributed by atoms with E-state index in [4.69, 9.17) is 0 Å². The fourth-order valence-electron chi connectivity index (χ4n) is 2.19. The lowest BCUT2D eigenvalue weighted by atomic mass is 9.93. The Morgan fingerprint density at radius 1 is 0.909 bits per heavy atom. The first-order valence-electron chi connectivity index (χ1n) is 6.37. The summed E-state index contributed by atoms with van der Waals surface area (Å²) < 4.78 is 4.61. The second-order valence-corrected chi connectivity index (χ2v) is 4.50. The highest BCUT2D eigenvalue weighted by Gasteiger charge is 2.13. The van der Waals surface area contributed by atoms with Crippen LogP contribution in [0.2, 0.25) is 0 Å². The third-order valence-electron chi connectivity index (χ3n) is 3.21. The molecule has 0 bridgehead atoms. The highest BCUT2D eigenvalue weighted by atomic mass is 16.5. The van der Waals surface area contributed by atoms with E-state index in [1.165, 1.54) is 31.4 Å². The highest BCUT2D eigenvalue weighted by Crippen LogP contribution is 2.27. The summed E-state index contributed by atoms with van der Waals surface area (Å²) in [7, 11) is 1.28. The third kappa shape index (κ3) is 2.83. The zero-order valence-electron chi connectivity index (χ0n) is 11.7. The van der Waals surface area contributed by atoms with Crippen LogP contribution in [-0.4, -0.2) is 31.9 Å². The fraction of sp³-hybridized carbons (Fsp3) is 0.0588. The van der Waals surface area contributed by atoms with Gasteiger partial charge in [-0.05, 0) is 29.8 Å². The van der Waals surface area contributed by atoms with Crippen LogP contribution >= 0.6 is 0 Å². The molecule has 0 aliphatic rings. The summed E-state index contributed by atoms with van der Waals surface area (Å²) >= 11 is 0. The molecular formula is C17H12O5. The van der Waals surface area contributed by atoms with Gasteiger partial charge < -0.3 is 4.74 Å². The van der Waals surface area contributed by atoms with Crippen LogP contribution in [0.5, 0.6) is 0 Å². The Kier molecular flexibility index (Phi) is 4.58. The van der Waals surface area contributed by atoms with Crippen molar-refractivity contribution in [2.75, 3.05) is 7.11 Å². The van der Waals surface area contributed by atoms with E-state index in [0.717, 1.165) is 0 Å². The second-order valence-electron chi connectivity index (χ2n) is 4.50. The zero-order chi connectivity index (χ0) is 16.1. The molecular weight excluding hydrogens is 284 g/mol. The van der Waals surface area contributed by atoms with Crippen LogP contribution in [0.1, 0.15) is 41.4 Å². The molecule has 2 aromatic rings. The van der Waals surface area contributed by atoms with Crippen molar-refractivity contribution in [3.63, 3.8) is 0 Å². The van der Waals surface area contributed by atoms with E-state index >= 15 is 0 Å². The molecule has 110 valence electrons. The Bertz CT molecular complexity index is 715. The number of hydrogen-bond donors (Lipinski definition) is 0. The molecule has 0 atom stereocenters. The maximum absolute atomic E-state index is 11.4. The maximum atomic E-state index is 11.4. The Morgan fingerprint density at radius 3 is 1.86 bits per heavy atom. The van der Waals surface area contributed by atoms with E-state index in [9.17, 15) is 19.2 Å². The van der Waals surface area contributed by atoms with Gasteiger partial charge in [-0.2, -0.15) is 0 Å². The lowest BCUT2D eigenvalue weighted by Gasteiger charge is -2.10. The molecule has 5 heteroatoms. The van der Waals surface area contributed by atoms with Gasteiger partial charge in [0.15, 0.2) is 12.6 Å². The topological polar surface area (TPSA) is 77.5 Å². The van der Waals surface area contributed by atoms with Crippen LogP contribution < -0.4 is 0 Å². The number of methoxy groups -OCH3 is 1. The number of esters is 1. The van der Waals surface area contributed by atoms with Gasteiger partial charge in [0.1, 0.15) is 6.29 Å². The molecule has 0 heterocycles. The minimum Gasteiger partial charge on any atom is -0.465 e. The standard InChI is InChI=1S/C17H12O5/c1-22-17(21)13-4-2-12(3-5-13)16-14(9-19)6-11(8-18)7-15(16)10-20/h2-10H,1H3. The van der Waals surface area contributed by atoms with Gasteiger partial charge in [0.05, 0.1) is 12.7 Å². The summed E-state index contributed by atoms with van der Waals surface area (Å²) in [4.78, 5) is 44.8. The molecule has 0 saturated carbocycles. The van der Waals surface area contributed by atoms with E-state index in [1.54, 1.807) is 12.1 Å². The summed E-state index contributed by atoms with van der Waals surface area (Å²) in [5.41, 5.74) is 2.09. The van der Waals surface area contributed by atoms with Crippen molar-refractivity contribution in [1.82, 2.24) is 0 Å². The Hall–Kier alpha value is -3.08. The van der Waals surface area contributed by atoms with Crippen molar-refractivity contribution in [3.05, 3.63) is 58.7 Å². The van der Waals surface area contributed by atoms with Gasteiger partial charge in [-0.1, -0.05) is 12.1 Å². The van der Waals surface area contributed by atoms with Gasteiger partial charge in [-0.25, -0.2) is 4.79 Å². The van der Waals surface area contributed by atoms with Gasteiger partial charge in [0.2, 0.25) is 0 Å². The molecule has 0 fully saturated rings. The van der Waals surface area contributed by atoms with Crippen LogP contribution in [-0.2, 0) is 4.74 Å². The molecule has 0 saturated heterocycles. The van der Waals surface area contributed by atoms with Crippen molar-refractivity contribution in [3.8, 4) is 11.1 Å². The molecule has 0 aliphatic carbocycles. The van der Waals surface area contributed by atoms with E-state index < -0.39 is 5.97 Å². The summed E-state index contributed by atoms with van der Waals surface area (Å²) in [6.45, 7) is 0. The fourth-order valence-corrected chi connectivity index (χ4v) is 2.19.